The van der Waals surface area contributed by atoms with Crippen molar-refractivity contribution in [1.29, 1.82) is 0 Å². The first-order chi connectivity index (χ1) is 11.7. The fourth-order valence-electron chi connectivity index (χ4n) is 2.92. The van der Waals surface area contributed by atoms with Gasteiger partial charge in [-0.05, 0) is 46.9 Å². The molecular formula is C17H15IN4O2. The molecule has 0 fully saturated rings. The molecule has 6 nitrogen and oxygen atoms in total. The second-order valence-corrected chi connectivity index (χ2v) is 6.81. The molecule has 4 rings (SSSR count). The zero-order chi connectivity index (χ0) is 16.5. The Bertz CT molecular complexity index is 920. The lowest BCUT2D eigenvalue weighted by atomic mass is 10.1. The summed E-state index contributed by atoms with van der Waals surface area (Å²) in [5.41, 5.74) is 2.44. The van der Waals surface area contributed by atoms with Crippen LogP contribution in [0.1, 0.15) is 17.0 Å². The maximum atomic E-state index is 12.5. The van der Waals surface area contributed by atoms with Gasteiger partial charge >= 0.3 is 0 Å². The summed E-state index contributed by atoms with van der Waals surface area (Å²) in [4.78, 5) is 26.3. The van der Waals surface area contributed by atoms with Crippen LogP contribution in [0, 0.1) is 3.77 Å². The summed E-state index contributed by atoms with van der Waals surface area (Å²) < 4.78 is 6.50. The van der Waals surface area contributed by atoms with E-state index >= 15 is 0 Å². The van der Waals surface area contributed by atoms with Crippen molar-refractivity contribution >= 4 is 22.6 Å². The standard InChI is InChI=1S/C17H15IN4O2/c18-15-2-1-12(24-15)9-22-8-5-14-13(10-22)17(23)21-16(20-14)11-3-6-19-7-4-11/h1-4,6-7H,5,8-10H2,(H,20,21,23). The van der Waals surface area contributed by atoms with Crippen LogP contribution in [-0.4, -0.2) is 26.4 Å². The zero-order valence-electron chi connectivity index (χ0n) is 12.8. The Labute approximate surface area is 152 Å². The third kappa shape index (κ3) is 3.13. The number of nitrogens with zero attached hydrogens (tertiary/aromatic N) is 3. The minimum atomic E-state index is -0.0643. The number of hydrogen-bond acceptors (Lipinski definition) is 5. The molecule has 3 aromatic heterocycles. The first kappa shape index (κ1) is 15.5. The van der Waals surface area contributed by atoms with Crippen molar-refractivity contribution in [2.24, 2.45) is 0 Å². The first-order valence-electron chi connectivity index (χ1n) is 7.68. The van der Waals surface area contributed by atoms with Gasteiger partial charge in [-0.1, -0.05) is 0 Å². The van der Waals surface area contributed by atoms with E-state index < -0.39 is 0 Å². The molecule has 0 saturated heterocycles. The lowest BCUT2D eigenvalue weighted by Gasteiger charge is -2.26. The summed E-state index contributed by atoms with van der Waals surface area (Å²) in [7, 11) is 0. The monoisotopic (exact) mass is 434 g/mol. The van der Waals surface area contributed by atoms with Gasteiger partial charge in [0.05, 0.1) is 17.8 Å². The van der Waals surface area contributed by atoms with E-state index in [0.717, 1.165) is 39.3 Å². The molecule has 4 heterocycles. The molecule has 24 heavy (non-hydrogen) atoms. The molecule has 3 aromatic rings. The summed E-state index contributed by atoms with van der Waals surface area (Å²) in [6.07, 6.45) is 4.15. The van der Waals surface area contributed by atoms with Crippen LogP contribution in [0.3, 0.4) is 0 Å². The molecule has 0 aromatic carbocycles. The van der Waals surface area contributed by atoms with Crippen molar-refractivity contribution < 1.29 is 4.42 Å². The molecule has 1 aliphatic rings. The third-order valence-electron chi connectivity index (χ3n) is 4.11. The fourth-order valence-corrected chi connectivity index (χ4v) is 3.38. The number of pyridine rings is 1. The van der Waals surface area contributed by atoms with Crippen molar-refractivity contribution in [2.45, 2.75) is 19.5 Å². The number of H-pyrrole nitrogens is 1. The Morgan fingerprint density at radius 2 is 2.08 bits per heavy atom. The quantitative estimate of drug-likeness (QED) is 0.642. The highest BCUT2D eigenvalue weighted by molar-refractivity contribution is 14.1. The number of fused-ring (bicyclic) bond motifs is 1. The normalized spacial score (nSPS) is 14.5. The van der Waals surface area contributed by atoms with Crippen LogP contribution in [0.2, 0.25) is 0 Å². The van der Waals surface area contributed by atoms with E-state index in [9.17, 15) is 4.79 Å². The average molecular weight is 434 g/mol. The van der Waals surface area contributed by atoms with Gasteiger partial charge in [-0.15, -0.1) is 0 Å². The van der Waals surface area contributed by atoms with E-state index in [-0.39, 0.29) is 5.56 Å². The molecule has 0 spiro atoms. The van der Waals surface area contributed by atoms with Gasteiger partial charge in [-0.3, -0.25) is 14.7 Å². The molecule has 0 bridgehead atoms. The van der Waals surface area contributed by atoms with Gasteiger partial charge < -0.3 is 9.40 Å². The maximum Gasteiger partial charge on any atom is 0.255 e. The number of aromatic nitrogens is 3. The van der Waals surface area contributed by atoms with Crippen molar-refractivity contribution in [2.75, 3.05) is 6.54 Å². The number of furan rings is 1. The van der Waals surface area contributed by atoms with Crippen molar-refractivity contribution in [1.82, 2.24) is 19.9 Å². The first-order valence-corrected chi connectivity index (χ1v) is 8.76. The smallest absolute Gasteiger partial charge is 0.255 e. The molecule has 0 radical (unpaired) electrons. The number of hydrogen-bond donors (Lipinski definition) is 1. The Kier molecular flexibility index (Phi) is 4.19. The van der Waals surface area contributed by atoms with E-state index in [2.05, 4.69) is 42.4 Å². The van der Waals surface area contributed by atoms with Gasteiger partial charge in [0.15, 0.2) is 3.77 Å². The summed E-state index contributed by atoms with van der Waals surface area (Å²) in [5.74, 6) is 1.52. The van der Waals surface area contributed by atoms with Crippen LogP contribution in [0.25, 0.3) is 11.4 Å². The van der Waals surface area contributed by atoms with Crippen molar-refractivity contribution in [3.63, 3.8) is 0 Å². The fraction of sp³-hybridized carbons (Fsp3) is 0.235. The van der Waals surface area contributed by atoms with Crippen LogP contribution in [0.4, 0.5) is 0 Å². The van der Waals surface area contributed by atoms with Crippen LogP contribution in [0.15, 0.2) is 45.9 Å². The summed E-state index contributed by atoms with van der Waals surface area (Å²) in [6, 6.07) is 7.62. The molecule has 0 aliphatic carbocycles. The Hall–Kier alpha value is -2.00. The lowest BCUT2D eigenvalue weighted by Crippen LogP contribution is -2.35. The van der Waals surface area contributed by atoms with E-state index in [0.29, 0.717) is 18.9 Å². The topological polar surface area (TPSA) is 75.0 Å². The van der Waals surface area contributed by atoms with E-state index in [1.807, 2.05) is 24.3 Å². The van der Waals surface area contributed by atoms with Crippen LogP contribution < -0.4 is 5.56 Å². The third-order valence-corrected chi connectivity index (χ3v) is 4.69. The van der Waals surface area contributed by atoms with E-state index in [1.165, 1.54) is 0 Å². The molecule has 122 valence electrons. The summed E-state index contributed by atoms with van der Waals surface area (Å²) in [5, 5.41) is 0. The Morgan fingerprint density at radius 1 is 1.25 bits per heavy atom. The molecule has 0 amide bonds. The van der Waals surface area contributed by atoms with Gasteiger partial charge in [-0.2, -0.15) is 0 Å². The van der Waals surface area contributed by atoms with Crippen molar-refractivity contribution in [3.8, 4) is 11.4 Å². The molecule has 1 aliphatic heterocycles. The Morgan fingerprint density at radius 3 is 2.83 bits per heavy atom. The van der Waals surface area contributed by atoms with Gasteiger partial charge in [0.25, 0.3) is 5.56 Å². The molecule has 1 N–H and O–H groups in total. The number of halogens is 1. The molecular weight excluding hydrogens is 419 g/mol. The minimum Gasteiger partial charge on any atom is -0.454 e. The van der Waals surface area contributed by atoms with Crippen molar-refractivity contribution in [3.05, 3.63) is 67.8 Å². The van der Waals surface area contributed by atoms with Gasteiger partial charge in [0.1, 0.15) is 11.6 Å². The molecule has 0 saturated carbocycles. The summed E-state index contributed by atoms with van der Waals surface area (Å²) in [6.45, 7) is 2.15. The minimum absolute atomic E-state index is 0.0643. The highest BCUT2D eigenvalue weighted by atomic mass is 127. The van der Waals surface area contributed by atoms with E-state index in [1.54, 1.807) is 12.4 Å². The van der Waals surface area contributed by atoms with Gasteiger partial charge in [-0.25, -0.2) is 4.98 Å². The van der Waals surface area contributed by atoms with Gasteiger partial charge in [0, 0.05) is 37.5 Å². The second-order valence-electron chi connectivity index (χ2n) is 5.74. The molecule has 0 unspecified atom stereocenters. The number of rotatable bonds is 3. The predicted octanol–water partition coefficient (Wildman–Crippen LogP) is 2.59. The molecule has 7 heteroatoms. The SMILES string of the molecule is O=c1[nH]c(-c2ccncc2)nc2c1CN(Cc1ccc(I)o1)CC2. The van der Waals surface area contributed by atoms with Gasteiger partial charge in [0.2, 0.25) is 0 Å². The lowest BCUT2D eigenvalue weighted by molar-refractivity contribution is 0.221. The largest absolute Gasteiger partial charge is 0.454 e. The second kappa shape index (κ2) is 6.48. The zero-order valence-corrected chi connectivity index (χ0v) is 15.0. The summed E-state index contributed by atoms with van der Waals surface area (Å²) >= 11 is 2.15. The van der Waals surface area contributed by atoms with Crippen LogP contribution in [0.5, 0.6) is 0 Å². The predicted molar refractivity (Wildman–Crippen MR) is 97.3 cm³/mol. The van der Waals surface area contributed by atoms with E-state index in [4.69, 9.17) is 4.42 Å². The highest BCUT2D eigenvalue weighted by Crippen LogP contribution is 2.20. The van der Waals surface area contributed by atoms with Crippen LogP contribution in [-0.2, 0) is 19.5 Å². The number of nitrogens with one attached hydrogen (secondary N) is 1. The maximum absolute atomic E-state index is 12.5. The van der Waals surface area contributed by atoms with Crippen LogP contribution >= 0.6 is 22.6 Å². The Balaban J connectivity index is 1.59. The molecule has 0 atom stereocenters. The number of aromatic amines is 1. The highest BCUT2D eigenvalue weighted by Gasteiger charge is 2.22. The average Bonchev–Trinajstić information content (AvgIpc) is 3.01.